The molecular weight excluding hydrogens is 368 g/mol. The second-order valence-electron chi connectivity index (χ2n) is 9.36. The summed E-state index contributed by atoms with van der Waals surface area (Å²) in [5.74, 6) is 0.996. The van der Waals surface area contributed by atoms with Gasteiger partial charge < -0.3 is 0 Å². The lowest BCUT2D eigenvalue weighted by Crippen LogP contribution is -2.02. The predicted octanol–water partition coefficient (Wildman–Crippen LogP) is 10.7. The Morgan fingerprint density at radius 3 is 1.48 bits per heavy atom. The van der Waals surface area contributed by atoms with E-state index in [9.17, 15) is 0 Å². The normalized spacial score (nSPS) is 11.6. The van der Waals surface area contributed by atoms with E-state index >= 15 is 0 Å². The zero-order chi connectivity index (χ0) is 20.8. The zero-order valence-electron chi connectivity index (χ0n) is 20.1. The minimum absolute atomic E-state index is 0.996. The van der Waals surface area contributed by atoms with Gasteiger partial charge in [-0.2, -0.15) is 0 Å². The number of aryl methyl sites for hydroxylation is 1. The molecule has 0 aliphatic rings. The minimum Gasteiger partial charge on any atom is -0.149 e. The highest BCUT2D eigenvalue weighted by molar-refractivity contribution is 7.09. The van der Waals surface area contributed by atoms with E-state index in [1.54, 1.807) is 4.88 Å². The lowest BCUT2D eigenvalue weighted by Gasteiger charge is -2.17. The largest absolute Gasteiger partial charge is 0.149 e. The maximum Gasteiger partial charge on any atom is 0.00452 e. The summed E-state index contributed by atoms with van der Waals surface area (Å²) in [7, 11) is 0. The van der Waals surface area contributed by atoms with E-state index in [2.05, 4.69) is 31.4 Å². The van der Waals surface area contributed by atoms with E-state index in [4.69, 9.17) is 0 Å². The van der Waals surface area contributed by atoms with Crippen LogP contribution in [0.1, 0.15) is 147 Å². The highest BCUT2D eigenvalue weighted by Gasteiger charge is 2.09. The Morgan fingerprint density at radius 2 is 1.03 bits per heavy atom. The Kier molecular flexibility index (Phi) is 19.3. The fraction of sp³-hybridized carbons (Fsp3) is 0.857. The summed E-state index contributed by atoms with van der Waals surface area (Å²) in [5.41, 5.74) is 0. The third kappa shape index (κ3) is 17.1. The summed E-state index contributed by atoms with van der Waals surface area (Å²) in [6, 6.07) is 4.52. The van der Waals surface area contributed by atoms with Gasteiger partial charge in [0.2, 0.25) is 0 Å². The van der Waals surface area contributed by atoms with E-state index in [0.29, 0.717) is 0 Å². The molecule has 0 amide bonds. The van der Waals surface area contributed by atoms with E-state index in [1.807, 2.05) is 11.3 Å². The third-order valence-electron chi connectivity index (χ3n) is 6.55. The Hall–Kier alpha value is -0.300. The van der Waals surface area contributed by atoms with Crippen LogP contribution in [0.5, 0.6) is 0 Å². The van der Waals surface area contributed by atoms with Crippen molar-refractivity contribution in [1.82, 2.24) is 0 Å². The number of thiophene rings is 1. The van der Waals surface area contributed by atoms with E-state index in [1.165, 1.54) is 135 Å². The fourth-order valence-electron chi connectivity index (χ4n) is 4.59. The van der Waals surface area contributed by atoms with Gasteiger partial charge >= 0.3 is 0 Å². The maximum atomic E-state index is 2.32. The Bertz CT molecular complexity index is 388. The van der Waals surface area contributed by atoms with Crippen LogP contribution >= 0.6 is 11.3 Å². The summed E-state index contributed by atoms with van der Waals surface area (Å²) in [6.07, 6.45) is 30.4. The van der Waals surface area contributed by atoms with Crippen molar-refractivity contribution in [2.45, 2.75) is 149 Å². The van der Waals surface area contributed by atoms with Gasteiger partial charge in [-0.15, -0.1) is 11.3 Å². The first-order chi connectivity index (χ1) is 14.4. The molecule has 0 atom stereocenters. The number of hydrogen-bond acceptors (Lipinski definition) is 1. The predicted molar refractivity (Wildman–Crippen MR) is 135 cm³/mol. The zero-order valence-corrected chi connectivity index (χ0v) is 20.9. The third-order valence-corrected chi connectivity index (χ3v) is 7.48. The molecule has 1 aromatic rings. The number of unbranched alkanes of at least 4 members (excludes halogenated alkanes) is 14. The molecule has 0 radical (unpaired) electrons. The molecule has 0 N–H and O–H groups in total. The summed E-state index contributed by atoms with van der Waals surface area (Å²) >= 11 is 1.94. The van der Waals surface area contributed by atoms with E-state index in [-0.39, 0.29) is 0 Å². The van der Waals surface area contributed by atoms with Crippen LogP contribution in [0.15, 0.2) is 17.5 Å². The molecule has 0 aliphatic heterocycles. The highest BCUT2D eigenvalue weighted by atomic mass is 32.1. The average Bonchev–Trinajstić information content (AvgIpc) is 3.25. The van der Waals surface area contributed by atoms with Crippen molar-refractivity contribution in [2.24, 2.45) is 5.92 Å². The molecule has 0 bridgehead atoms. The molecule has 0 saturated carbocycles. The second-order valence-corrected chi connectivity index (χ2v) is 10.4. The standard InChI is InChI=1S/C28H52S/c1-3-5-7-9-11-13-15-17-21-27(23-19-24-28-25-20-26-29-28)22-18-16-14-12-10-8-6-4-2/h20,25-27H,3-19,21-24H2,1-2H3. The van der Waals surface area contributed by atoms with Crippen LogP contribution in [0.4, 0.5) is 0 Å². The molecule has 29 heavy (non-hydrogen) atoms. The van der Waals surface area contributed by atoms with Crippen LogP contribution in [0.2, 0.25) is 0 Å². The molecule has 0 unspecified atom stereocenters. The quantitative estimate of drug-likeness (QED) is 0.164. The number of hydrogen-bond donors (Lipinski definition) is 0. The molecule has 0 saturated heterocycles. The molecule has 0 aromatic carbocycles. The highest BCUT2D eigenvalue weighted by Crippen LogP contribution is 2.25. The molecule has 1 heterocycles. The Labute approximate surface area is 188 Å². The van der Waals surface area contributed by atoms with Gasteiger partial charge in [0.1, 0.15) is 0 Å². The van der Waals surface area contributed by atoms with Crippen molar-refractivity contribution in [3.63, 3.8) is 0 Å². The minimum atomic E-state index is 0.996. The Balaban J connectivity index is 2.11. The Morgan fingerprint density at radius 1 is 0.586 bits per heavy atom. The fourth-order valence-corrected chi connectivity index (χ4v) is 5.34. The smallest absolute Gasteiger partial charge is 0.00452 e. The van der Waals surface area contributed by atoms with Gasteiger partial charge in [-0.05, 0) is 30.2 Å². The summed E-state index contributed by atoms with van der Waals surface area (Å²) in [5, 5.41) is 2.23. The SMILES string of the molecule is CCCCCCCCCCC(CCCCCCCCCC)CCCc1cccs1. The van der Waals surface area contributed by atoms with Crippen molar-refractivity contribution in [3.8, 4) is 0 Å². The average molecular weight is 421 g/mol. The first kappa shape index (κ1) is 26.7. The van der Waals surface area contributed by atoms with Gasteiger partial charge in [0.05, 0.1) is 0 Å². The van der Waals surface area contributed by atoms with Crippen molar-refractivity contribution in [2.75, 3.05) is 0 Å². The van der Waals surface area contributed by atoms with Gasteiger partial charge in [0, 0.05) is 4.88 Å². The molecule has 0 fully saturated rings. The maximum absolute atomic E-state index is 2.32. The summed E-state index contributed by atoms with van der Waals surface area (Å²) in [6.45, 7) is 4.62. The first-order valence-electron chi connectivity index (χ1n) is 13.4. The van der Waals surface area contributed by atoms with Crippen molar-refractivity contribution >= 4 is 11.3 Å². The molecule has 0 spiro atoms. The monoisotopic (exact) mass is 420 g/mol. The van der Waals surface area contributed by atoms with Crippen molar-refractivity contribution in [3.05, 3.63) is 22.4 Å². The lowest BCUT2D eigenvalue weighted by atomic mass is 9.89. The van der Waals surface area contributed by atoms with Crippen LogP contribution in [-0.4, -0.2) is 0 Å². The van der Waals surface area contributed by atoms with Gasteiger partial charge in [0.15, 0.2) is 0 Å². The van der Waals surface area contributed by atoms with Crippen LogP contribution < -0.4 is 0 Å². The summed E-state index contributed by atoms with van der Waals surface area (Å²) < 4.78 is 0. The van der Waals surface area contributed by atoms with Gasteiger partial charge in [-0.25, -0.2) is 0 Å². The van der Waals surface area contributed by atoms with Crippen LogP contribution in [0, 0.1) is 5.92 Å². The van der Waals surface area contributed by atoms with Crippen molar-refractivity contribution < 1.29 is 0 Å². The first-order valence-corrected chi connectivity index (χ1v) is 14.3. The molecule has 0 nitrogen and oxygen atoms in total. The molecule has 170 valence electrons. The van der Waals surface area contributed by atoms with Crippen LogP contribution in [0.25, 0.3) is 0 Å². The van der Waals surface area contributed by atoms with E-state index in [0.717, 1.165) is 5.92 Å². The van der Waals surface area contributed by atoms with Crippen molar-refractivity contribution in [1.29, 1.82) is 0 Å². The second kappa shape index (κ2) is 21.0. The summed E-state index contributed by atoms with van der Waals surface area (Å²) in [4.78, 5) is 1.59. The molecule has 0 aliphatic carbocycles. The molecular formula is C28H52S. The van der Waals surface area contributed by atoms with Gasteiger partial charge in [-0.3, -0.25) is 0 Å². The molecule has 1 rings (SSSR count). The topological polar surface area (TPSA) is 0 Å². The lowest BCUT2D eigenvalue weighted by molar-refractivity contribution is 0.372. The van der Waals surface area contributed by atoms with Crippen LogP contribution in [0.3, 0.4) is 0 Å². The van der Waals surface area contributed by atoms with Crippen LogP contribution in [-0.2, 0) is 6.42 Å². The number of rotatable bonds is 22. The molecule has 1 heteroatoms. The van der Waals surface area contributed by atoms with E-state index < -0.39 is 0 Å². The molecule has 1 aromatic heterocycles. The van der Waals surface area contributed by atoms with Gasteiger partial charge in [0.25, 0.3) is 0 Å². The van der Waals surface area contributed by atoms with Gasteiger partial charge in [-0.1, -0.05) is 142 Å².